The lowest BCUT2D eigenvalue weighted by molar-refractivity contribution is -0.170. The maximum Gasteiger partial charge on any atom is 0.422 e. The van der Waals surface area contributed by atoms with Crippen LogP contribution in [-0.4, -0.2) is 81.9 Å². The van der Waals surface area contributed by atoms with E-state index < -0.39 is 84.1 Å². The van der Waals surface area contributed by atoms with E-state index in [1.807, 2.05) is 0 Å². The summed E-state index contributed by atoms with van der Waals surface area (Å²) in [4.78, 5) is 65.6. The number of aliphatic hydroxyl groups is 2. The Morgan fingerprint density at radius 1 is 0.643 bits per heavy atom. The molecule has 0 spiro atoms. The second-order valence-electron chi connectivity index (χ2n) is 5.28. The van der Waals surface area contributed by atoms with Crippen LogP contribution in [0.2, 0.25) is 0 Å². The van der Waals surface area contributed by atoms with Crippen LogP contribution in [0.25, 0.3) is 0 Å². The fourth-order valence-electron chi connectivity index (χ4n) is 1.63. The van der Waals surface area contributed by atoms with E-state index >= 15 is 0 Å². The number of hydrogen-bond acceptors (Lipinski definition) is 11. The normalized spacial score (nSPS) is 15.9. The van der Waals surface area contributed by atoms with E-state index in [-0.39, 0.29) is 0 Å². The molecule has 0 aromatic rings. The van der Waals surface area contributed by atoms with Crippen molar-refractivity contribution in [2.45, 2.75) is 36.9 Å². The van der Waals surface area contributed by atoms with Gasteiger partial charge in [-0.3, -0.25) is 19.2 Å². The lowest BCUT2D eigenvalue weighted by Crippen LogP contribution is -2.43. The van der Waals surface area contributed by atoms with Gasteiger partial charge in [0.2, 0.25) is 0 Å². The second-order valence-corrected chi connectivity index (χ2v) is 6.02. The van der Waals surface area contributed by atoms with Crippen LogP contribution in [0.3, 0.4) is 0 Å². The molecule has 0 bridgehead atoms. The molecule has 6 N–H and O–H groups in total. The first kappa shape index (κ1) is 24.9. The quantitative estimate of drug-likeness (QED) is 0.180. The van der Waals surface area contributed by atoms with Gasteiger partial charge in [-0.25, -0.2) is 9.59 Å². The Labute approximate surface area is 157 Å². The molecule has 0 aliphatic rings. The van der Waals surface area contributed by atoms with E-state index in [1.165, 1.54) is 0 Å². The summed E-state index contributed by atoms with van der Waals surface area (Å²) >= 11 is -3.30. The summed E-state index contributed by atoms with van der Waals surface area (Å²) in [7, 11) is 0. The van der Waals surface area contributed by atoms with Crippen LogP contribution in [-0.2, 0) is 48.5 Å². The Morgan fingerprint density at radius 3 is 1.14 bits per heavy atom. The average molecular weight is 430 g/mol. The van der Waals surface area contributed by atoms with Crippen molar-refractivity contribution in [2.75, 3.05) is 0 Å². The van der Waals surface area contributed by atoms with Gasteiger partial charge in [0, 0.05) is 0 Å². The molecular formula is C12H14O15S. The van der Waals surface area contributed by atoms with Crippen molar-refractivity contribution >= 4 is 47.2 Å². The van der Waals surface area contributed by atoms with Crippen molar-refractivity contribution in [3.63, 3.8) is 0 Å². The largest absolute Gasteiger partial charge is 0.481 e. The number of rotatable bonds is 12. The van der Waals surface area contributed by atoms with Gasteiger partial charge < -0.3 is 39.0 Å². The van der Waals surface area contributed by atoms with E-state index in [0.29, 0.717) is 0 Å². The smallest absolute Gasteiger partial charge is 0.422 e. The van der Waals surface area contributed by atoms with Gasteiger partial charge in [0.1, 0.15) is 0 Å². The predicted molar refractivity (Wildman–Crippen MR) is 79.2 cm³/mol. The summed E-state index contributed by atoms with van der Waals surface area (Å²) in [5.41, 5.74) is -6.25. The molecule has 2 atom stereocenters. The first-order valence-corrected chi connectivity index (χ1v) is 7.80. The van der Waals surface area contributed by atoms with Crippen molar-refractivity contribution in [1.82, 2.24) is 0 Å². The van der Waals surface area contributed by atoms with Crippen LogP contribution in [0.1, 0.15) is 25.7 Å². The first-order chi connectivity index (χ1) is 12.6. The molecule has 0 aliphatic carbocycles. The Kier molecular flexibility index (Phi) is 8.64. The molecule has 0 fully saturated rings. The third kappa shape index (κ3) is 8.06. The lowest BCUT2D eigenvalue weighted by Gasteiger charge is -2.20. The summed E-state index contributed by atoms with van der Waals surface area (Å²) in [5, 5.41) is 53.7. The number of carboxylic acids is 4. The maximum atomic E-state index is 11.4. The summed E-state index contributed by atoms with van der Waals surface area (Å²) < 4.78 is 19.2. The first-order valence-electron chi connectivity index (χ1n) is 6.80. The van der Waals surface area contributed by atoms with E-state index in [2.05, 4.69) is 8.37 Å². The maximum absolute atomic E-state index is 11.4. The van der Waals surface area contributed by atoms with E-state index in [4.69, 9.17) is 20.4 Å². The van der Waals surface area contributed by atoms with Gasteiger partial charge in [0.25, 0.3) is 0 Å². The molecule has 0 rings (SSSR count). The molecular weight excluding hydrogens is 416 g/mol. The summed E-state index contributed by atoms with van der Waals surface area (Å²) in [5.74, 6) is -11.4. The number of hydrogen-bond donors (Lipinski definition) is 6. The van der Waals surface area contributed by atoms with E-state index in [1.54, 1.807) is 0 Å². The Morgan fingerprint density at radius 2 is 0.929 bits per heavy atom. The van der Waals surface area contributed by atoms with E-state index in [9.17, 15) is 43.2 Å². The van der Waals surface area contributed by atoms with Gasteiger partial charge >= 0.3 is 47.2 Å². The molecule has 15 nitrogen and oxygen atoms in total. The molecule has 0 saturated carbocycles. The van der Waals surface area contributed by atoms with Gasteiger partial charge in [-0.1, -0.05) is 0 Å². The highest BCUT2D eigenvalue weighted by Gasteiger charge is 2.43. The summed E-state index contributed by atoms with van der Waals surface area (Å²) in [6, 6.07) is 0. The lowest BCUT2D eigenvalue weighted by atomic mass is 9.96. The molecule has 0 radical (unpaired) electrons. The Hall–Kier alpha value is -3.11. The molecule has 0 saturated heterocycles. The minimum atomic E-state index is -3.30. The molecule has 28 heavy (non-hydrogen) atoms. The van der Waals surface area contributed by atoms with Crippen LogP contribution in [0.5, 0.6) is 0 Å². The van der Waals surface area contributed by atoms with Gasteiger partial charge in [-0.2, -0.15) is 4.21 Å². The highest BCUT2D eigenvalue weighted by atomic mass is 32.2. The van der Waals surface area contributed by atoms with Crippen molar-refractivity contribution in [1.29, 1.82) is 0 Å². The van der Waals surface area contributed by atoms with Gasteiger partial charge in [-0.05, 0) is 0 Å². The number of carbonyl (C=O) groups is 6. The fraction of sp³-hybridized carbons (Fsp3) is 0.500. The minimum absolute atomic E-state index is 1.43. The van der Waals surface area contributed by atoms with Crippen LogP contribution in [0.15, 0.2) is 0 Å². The van der Waals surface area contributed by atoms with Gasteiger partial charge in [0.05, 0.1) is 25.7 Å². The average Bonchev–Trinajstić information content (AvgIpc) is 2.43. The SMILES string of the molecule is O=C(O)CC(O)(CC(=O)OS(=O)OC(=O)CC(O)(CC(=O)O)C(=O)O)C(=O)O. The van der Waals surface area contributed by atoms with Crippen molar-refractivity contribution < 1.29 is 72.0 Å². The van der Waals surface area contributed by atoms with Crippen LogP contribution in [0, 0.1) is 0 Å². The standard InChI is InChI=1S/C12H14O15S/c13-5(14)1-11(23,9(19)20)3-7(17)26-28(25)27-8(18)4-12(24,10(21)22)2-6(15)16/h23-24H,1-4H2,(H,13,14)(H,15,16)(H,19,20)(H,21,22). The molecule has 158 valence electrons. The Balaban J connectivity index is 4.91. The fourth-order valence-corrected chi connectivity index (χ4v) is 2.09. The van der Waals surface area contributed by atoms with Crippen molar-refractivity contribution in [3.8, 4) is 0 Å². The highest BCUT2D eigenvalue weighted by molar-refractivity contribution is 7.76. The predicted octanol–water partition coefficient (Wildman–Crippen LogP) is -2.99. The highest BCUT2D eigenvalue weighted by Crippen LogP contribution is 2.19. The molecule has 0 aromatic carbocycles. The van der Waals surface area contributed by atoms with Crippen molar-refractivity contribution in [2.24, 2.45) is 0 Å². The zero-order valence-electron chi connectivity index (χ0n) is 13.6. The summed E-state index contributed by atoms with van der Waals surface area (Å²) in [6.45, 7) is 0. The molecule has 0 amide bonds. The van der Waals surface area contributed by atoms with Gasteiger partial charge in [-0.15, -0.1) is 0 Å². The van der Waals surface area contributed by atoms with Gasteiger partial charge in [0.15, 0.2) is 11.2 Å². The molecule has 0 aromatic heterocycles. The molecule has 16 heteroatoms. The molecule has 2 unspecified atom stereocenters. The minimum Gasteiger partial charge on any atom is -0.481 e. The topological polar surface area (TPSA) is 259 Å². The monoisotopic (exact) mass is 430 g/mol. The zero-order valence-corrected chi connectivity index (χ0v) is 14.4. The van der Waals surface area contributed by atoms with E-state index in [0.717, 1.165) is 0 Å². The third-order valence-electron chi connectivity index (χ3n) is 2.88. The summed E-state index contributed by atoms with van der Waals surface area (Å²) in [6.07, 6.45) is -5.86. The van der Waals surface area contributed by atoms with Crippen molar-refractivity contribution in [3.05, 3.63) is 0 Å². The van der Waals surface area contributed by atoms with Crippen LogP contribution >= 0.6 is 0 Å². The third-order valence-corrected chi connectivity index (χ3v) is 3.52. The zero-order chi connectivity index (χ0) is 22.3. The molecule has 0 heterocycles. The number of aliphatic carboxylic acids is 4. The van der Waals surface area contributed by atoms with Crippen LogP contribution in [0.4, 0.5) is 0 Å². The number of carbonyl (C=O) groups excluding carboxylic acids is 2. The number of carboxylic acid groups (broad SMARTS) is 4. The molecule has 0 aliphatic heterocycles. The van der Waals surface area contributed by atoms with Crippen LogP contribution < -0.4 is 0 Å². The Bertz CT molecular complexity index is 656. The second kappa shape index (κ2) is 9.72.